The highest BCUT2D eigenvalue weighted by Crippen LogP contribution is 2.05. The maximum Gasteiger partial charge on any atom is 0.304 e. The second kappa shape index (κ2) is 5.60. The number of aromatic nitrogens is 2. The van der Waals surface area contributed by atoms with Crippen LogP contribution in [0.3, 0.4) is 0 Å². The van der Waals surface area contributed by atoms with Gasteiger partial charge in [-0.15, -0.1) is 0 Å². The van der Waals surface area contributed by atoms with E-state index >= 15 is 0 Å². The van der Waals surface area contributed by atoms with E-state index in [0.29, 0.717) is 0 Å². The van der Waals surface area contributed by atoms with Gasteiger partial charge in [0.1, 0.15) is 0 Å². The summed E-state index contributed by atoms with van der Waals surface area (Å²) in [5.74, 6) is -1.16. The third-order valence-electron chi connectivity index (χ3n) is 1.96. The molecule has 0 aromatic carbocycles. The normalized spacial score (nSPS) is 11.4. The van der Waals surface area contributed by atoms with E-state index in [4.69, 9.17) is 5.11 Å². The highest BCUT2D eigenvalue weighted by atomic mass is 32.2. The molecule has 1 aromatic heterocycles. The number of carbonyl (C=O) groups is 1. The van der Waals surface area contributed by atoms with Crippen molar-refractivity contribution in [2.45, 2.75) is 6.42 Å². The molecule has 0 spiro atoms. The summed E-state index contributed by atoms with van der Waals surface area (Å²) >= 11 is 0. The van der Waals surface area contributed by atoms with Crippen molar-refractivity contribution in [3.05, 3.63) is 22.5 Å². The van der Waals surface area contributed by atoms with Crippen molar-refractivity contribution in [2.75, 3.05) is 18.3 Å². The van der Waals surface area contributed by atoms with Crippen molar-refractivity contribution in [3.63, 3.8) is 0 Å². The van der Waals surface area contributed by atoms with Crippen LogP contribution in [0.4, 0.5) is 5.82 Å². The van der Waals surface area contributed by atoms with Gasteiger partial charge in [0.25, 0.3) is 5.56 Å². The number of anilines is 1. The maximum absolute atomic E-state index is 11.7. The molecule has 0 unspecified atom stereocenters. The lowest BCUT2D eigenvalue weighted by molar-refractivity contribution is -0.137. The SMILES string of the molecule is CN(CCC(=O)O)S(=O)(=O)Nc1ccc(=O)[nH]n1. The van der Waals surface area contributed by atoms with E-state index < -0.39 is 21.7 Å². The maximum atomic E-state index is 11.7. The minimum atomic E-state index is -3.89. The molecule has 0 aliphatic heterocycles. The lowest BCUT2D eigenvalue weighted by Gasteiger charge is -2.16. The molecule has 0 amide bonds. The minimum Gasteiger partial charge on any atom is -0.481 e. The molecule has 1 aromatic rings. The summed E-state index contributed by atoms with van der Waals surface area (Å²) in [5.41, 5.74) is -0.461. The fourth-order valence-corrected chi connectivity index (χ4v) is 1.85. The molecule has 0 aliphatic rings. The molecule has 0 aliphatic carbocycles. The molecule has 100 valence electrons. The molecule has 3 N–H and O–H groups in total. The predicted octanol–water partition coefficient (Wildman–Crippen LogP) is -1.17. The van der Waals surface area contributed by atoms with Gasteiger partial charge in [-0.1, -0.05) is 0 Å². The smallest absolute Gasteiger partial charge is 0.304 e. The molecule has 0 saturated heterocycles. The van der Waals surface area contributed by atoms with Gasteiger partial charge in [-0.3, -0.25) is 14.3 Å². The standard InChI is InChI=1S/C8H12N4O5S/c1-12(5-4-8(14)15)18(16,17)11-6-2-3-7(13)10-9-6/h2-3H,4-5H2,1H3,(H,9,11)(H,10,13)(H,14,15). The first kappa shape index (κ1) is 14.1. The molecule has 0 atom stereocenters. The number of nitrogens with zero attached hydrogens (tertiary/aromatic N) is 2. The number of carboxylic acids is 1. The summed E-state index contributed by atoms with van der Waals surface area (Å²) in [4.78, 5) is 21.1. The van der Waals surface area contributed by atoms with Crippen LogP contribution in [0.25, 0.3) is 0 Å². The number of aromatic amines is 1. The van der Waals surface area contributed by atoms with Gasteiger partial charge in [-0.25, -0.2) is 5.10 Å². The van der Waals surface area contributed by atoms with Crippen LogP contribution in [0.2, 0.25) is 0 Å². The summed E-state index contributed by atoms with van der Waals surface area (Å²) in [6.07, 6.45) is -0.309. The molecule has 1 rings (SSSR count). The highest BCUT2D eigenvalue weighted by Gasteiger charge is 2.18. The van der Waals surface area contributed by atoms with Gasteiger partial charge < -0.3 is 5.11 Å². The minimum absolute atomic E-state index is 0.0585. The van der Waals surface area contributed by atoms with Crippen molar-refractivity contribution in [1.29, 1.82) is 0 Å². The highest BCUT2D eigenvalue weighted by molar-refractivity contribution is 7.90. The van der Waals surface area contributed by atoms with Crippen LogP contribution >= 0.6 is 0 Å². The van der Waals surface area contributed by atoms with Crippen LogP contribution in [0, 0.1) is 0 Å². The molecular formula is C8H12N4O5S. The van der Waals surface area contributed by atoms with E-state index in [0.717, 1.165) is 10.4 Å². The topological polar surface area (TPSA) is 132 Å². The first-order valence-electron chi connectivity index (χ1n) is 4.83. The van der Waals surface area contributed by atoms with E-state index in [9.17, 15) is 18.0 Å². The van der Waals surface area contributed by atoms with Crippen LogP contribution < -0.4 is 10.3 Å². The zero-order valence-electron chi connectivity index (χ0n) is 9.45. The fourth-order valence-electron chi connectivity index (χ4n) is 0.985. The quantitative estimate of drug-likeness (QED) is 0.600. The Hall–Kier alpha value is -1.94. The zero-order valence-corrected chi connectivity index (χ0v) is 10.3. The molecule has 10 heteroatoms. The van der Waals surface area contributed by atoms with Gasteiger partial charge in [0, 0.05) is 19.7 Å². The average Bonchev–Trinajstić information content (AvgIpc) is 2.28. The van der Waals surface area contributed by atoms with Crippen molar-refractivity contribution in [2.24, 2.45) is 0 Å². The summed E-state index contributed by atoms with van der Waals surface area (Å²) in [6.45, 7) is -0.173. The van der Waals surface area contributed by atoms with Crippen molar-refractivity contribution < 1.29 is 18.3 Å². The number of carboxylic acid groups (broad SMARTS) is 1. The van der Waals surface area contributed by atoms with Crippen LogP contribution in [0.5, 0.6) is 0 Å². The van der Waals surface area contributed by atoms with E-state index in [1.54, 1.807) is 0 Å². The Balaban J connectivity index is 2.72. The van der Waals surface area contributed by atoms with E-state index in [1.165, 1.54) is 13.1 Å². The second-order valence-corrected chi connectivity index (χ2v) is 5.16. The average molecular weight is 276 g/mol. The number of H-pyrrole nitrogens is 1. The Morgan fingerprint density at radius 1 is 1.56 bits per heavy atom. The van der Waals surface area contributed by atoms with Gasteiger partial charge in [0.15, 0.2) is 5.82 Å². The number of rotatable bonds is 6. The Morgan fingerprint density at radius 2 is 2.22 bits per heavy atom. The third-order valence-corrected chi connectivity index (χ3v) is 3.43. The van der Waals surface area contributed by atoms with E-state index in [1.807, 2.05) is 0 Å². The summed E-state index contributed by atoms with van der Waals surface area (Å²) < 4.78 is 26.3. The third kappa shape index (κ3) is 4.14. The molecule has 0 radical (unpaired) electrons. The molecule has 0 bridgehead atoms. The zero-order chi connectivity index (χ0) is 13.8. The predicted molar refractivity (Wildman–Crippen MR) is 62.3 cm³/mol. The van der Waals surface area contributed by atoms with E-state index in [2.05, 4.69) is 14.9 Å². The van der Waals surface area contributed by atoms with Gasteiger partial charge >= 0.3 is 16.2 Å². The second-order valence-electron chi connectivity index (χ2n) is 3.38. The van der Waals surface area contributed by atoms with Crippen LogP contribution in [0.1, 0.15) is 6.42 Å². The van der Waals surface area contributed by atoms with Gasteiger partial charge in [0.05, 0.1) is 6.42 Å². The van der Waals surface area contributed by atoms with Gasteiger partial charge in [0.2, 0.25) is 0 Å². The monoisotopic (exact) mass is 276 g/mol. The largest absolute Gasteiger partial charge is 0.481 e. The van der Waals surface area contributed by atoms with E-state index in [-0.39, 0.29) is 18.8 Å². The van der Waals surface area contributed by atoms with Gasteiger partial charge in [-0.05, 0) is 6.07 Å². The molecule has 18 heavy (non-hydrogen) atoms. The fraction of sp³-hybridized carbons (Fsp3) is 0.375. The number of hydrogen-bond donors (Lipinski definition) is 3. The van der Waals surface area contributed by atoms with Gasteiger partial charge in [-0.2, -0.15) is 17.8 Å². The lowest BCUT2D eigenvalue weighted by atomic mass is 10.4. The van der Waals surface area contributed by atoms with Crippen LogP contribution in [0.15, 0.2) is 16.9 Å². The first-order chi connectivity index (χ1) is 8.31. The first-order valence-corrected chi connectivity index (χ1v) is 6.27. The Kier molecular flexibility index (Phi) is 4.39. The molecular weight excluding hydrogens is 264 g/mol. The number of aliphatic carboxylic acids is 1. The lowest BCUT2D eigenvalue weighted by Crippen LogP contribution is -2.34. The molecule has 0 fully saturated rings. The van der Waals surface area contributed by atoms with Crippen LogP contribution in [-0.2, 0) is 15.0 Å². The van der Waals surface area contributed by atoms with Crippen molar-refractivity contribution in [3.8, 4) is 0 Å². The molecule has 0 saturated carbocycles. The number of nitrogens with one attached hydrogen (secondary N) is 2. The number of hydrogen-bond acceptors (Lipinski definition) is 5. The summed E-state index contributed by atoms with van der Waals surface area (Å²) in [7, 11) is -2.65. The summed E-state index contributed by atoms with van der Waals surface area (Å²) in [5, 5.41) is 14.0. The molecule has 1 heterocycles. The Bertz CT molecular complexity index is 561. The molecule has 9 nitrogen and oxygen atoms in total. The summed E-state index contributed by atoms with van der Waals surface area (Å²) in [6, 6.07) is 2.31. The Morgan fingerprint density at radius 3 is 2.72 bits per heavy atom. The van der Waals surface area contributed by atoms with Crippen LogP contribution in [-0.4, -0.2) is 47.6 Å². The van der Waals surface area contributed by atoms with Crippen molar-refractivity contribution >= 4 is 22.0 Å². The van der Waals surface area contributed by atoms with Crippen molar-refractivity contribution in [1.82, 2.24) is 14.5 Å². The Labute approximate surface area is 103 Å².